The predicted octanol–water partition coefficient (Wildman–Crippen LogP) is 6.67. The van der Waals surface area contributed by atoms with E-state index in [9.17, 15) is 22.4 Å². The highest BCUT2D eigenvalue weighted by atomic mass is 35.5. The number of rotatable bonds is 3. The zero-order chi connectivity index (χ0) is 23.0. The number of aromatic nitrogens is 2. The minimum atomic E-state index is -4.68. The Morgan fingerprint density at radius 1 is 1.03 bits per heavy atom. The predicted molar refractivity (Wildman–Crippen MR) is 114 cm³/mol. The van der Waals surface area contributed by atoms with Crippen LogP contribution in [-0.2, 0) is 6.18 Å². The van der Waals surface area contributed by atoms with Crippen molar-refractivity contribution in [3.63, 3.8) is 0 Å². The quantitative estimate of drug-likeness (QED) is 0.348. The van der Waals surface area contributed by atoms with Gasteiger partial charge in [-0.2, -0.15) is 13.2 Å². The van der Waals surface area contributed by atoms with Crippen LogP contribution in [0.15, 0.2) is 60.9 Å². The number of halogens is 5. The van der Waals surface area contributed by atoms with Crippen LogP contribution in [0.3, 0.4) is 0 Å². The highest BCUT2D eigenvalue weighted by Crippen LogP contribution is 2.33. The number of hydrogen-bond donors (Lipinski definition) is 1. The molecule has 9 heteroatoms. The Labute approximate surface area is 184 Å². The summed E-state index contributed by atoms with van der Waals surface area (Å²) in [6.45, 7) is 1.74. The van der Waals surface area contributed by atoms with Gasteiger partial charge in [0.25, 0.3) is 5.91 Å². The first-order valence-electron chi connectivity index (χ1n) is 9.33. The van der Waals surface area contributed by atoms with Gasteiger partial charge >= 0.3 is 6.18 Å². The molecule has 0 unspecified atom stereocenters. The number of nitrogens with one attached hydrogen (secondary N) is 1. The Hall–Kier alpha value is -3.52. The second-order valence-electron chi connectivity index (χ2n) is 7.01. The molecule has 4 nitrogen and oxygen atoms in total. The minimum absolute atomic E-state index is 0.110. The molecule has 0 atom stereocenters. The standard InChI is InChI=1S/C23H14ClF4N3O/c1-12-17(24)4-3-15-16(11-19(30-21(12)15)13-6-8-29-9-7-13)22(32)31-20-10-14(23(26,27)28)2-5-18(20)25/h2-11H,1H3,(H,31,32). The maximum Gasteiger partial charge on any atom is 0.416 e. The summed E-state index contributed by atoms with van der Waals surface area (Å²) in [6, 6.07) is 9.90. The Bertz CT molecular complexity index is 1340. The van der Waals surface area contributed by atoms with E-state index in [2.05, 4.69) is 15.3 Å². The molecule has 0 spiro atoms. The van der Waals surface area contributed by atoms with E-state index in [1.807, 2.05) is 0 Å². The van der Waals surface area contributed by atoms with E-state index >= 15 is 0 Å². The smallest absolute Gasteiger partial charge is 0.319 e. The molecule has 1 N–H and O–H groups in total. The van der Waals surface area contributed by atoms with Crippen LogP contribution in [0.25, 0.3) is 22.2 Å². The Morgan fingerprint density at radius 2 is 1.75 bits per heavy atom. The van der Waals surface area contributed by atoms with Gasteiger partial charge in [-0.1, -0.05) is 17.7 Å². The van der Waals surface area contributed by atoms with Crippen molar-refractivity contribution in [3.8, 4) is 11.3 Å². The summed E-state index contributed by atoms with van der Waals surface area (Å²) in [7, 11) is 0. The van der Waals surface area contributed by atoms with Crippen LogP contribution in [0.5, 0.6) is 0 Å². The Morgan fingerprint density at radius 3 is 2.44 bits per heavy atom. The van der Waals surface area contributed by atoms with E-state index in [4.69, 9.17) is 11.6 Å². The van der Waals surface area contributed by atoms with Crippen LogP contribution in [0.2, 0.25) is 5.02 Å². The number of carbonyl (C=O) groups excluding carboxylic acids is 1. The number of benzene rings is 2. The first-order valence-corrected chi connectivity index (χ1v) is 9.71. The molecule has 4 rings (SSSR count). The summed E-state index contributed by atoms with van der Waals surface area (Å²) in [4.78, 5) is 21.6. The molecule has 32 heavy (non-hydrogen) atoms. The SMILES string of the molecule is Cc1c(Cl)ccc2c(C(=O)Nc3cc(C(F)(F)F)ccc3F)cc(-c3ccncc3)nc12. The average molecular weight is 460 g/mol. The molecule has 4 aromatic rings. The number of nitrogens with zero attached hydrogens (tertiary/aromatic N) is 2. The normalized spacial score (nSPS) is 11.6. The maximum absolute atomic E-state index is 14.2. The molecule has 162 valence electrons. The zero-order valence-corrected chi connectivity index (χ0v) is 17.2. The minimum Gasteiger partial charge on any atom is -0.319 e. The van der Waals surface area contributed by atoms with Crippen molar-refractivity contribution in [2.24, 2.45) is 0 Å². The third-order valence-electron chi connectivity index (χ3n) is 4.93. The van der Waals surface area contributed by atoms with E-state index in [1.54, 1.807) is 43.6 Å². The Balaban J connectivity index is 1.85. The van der Waals surface area contributed by atoms with Gasteiger partial charge in [-0.3, -0.25) is 9.78 Å². The number of pyridine rings is 2. The molecule has 2 aromatic heterocycles. The summed E-state index contributed by atoms with van der Waals surface area (Å²) >= 11 is 6.22. The van der Waals surface area contributed by atoms with E-state index in [1.165, 1.54) is 6.07 Å². The van der Waals surface area contributed by atoms with Crippen molar-refractivity contribution >= 4 is 34.1 Å². The van der Waals surface area contributed by atoms with Crippen LogP contribution in [0, 0.1) is 12.7 Å². The number of aryl methyl sites for hydroxylation is 1. The van der Waals surface area contributed by atoms with Crippen molar-refractivity contribution in [2.45, 2.75) is 13.1 Å². The summed E-state index contributed by atoms with van der Waals surface area (Å²) in [5.74, 6) is -1.77. The van der Waals surface area contributed by atoms with Crippen molar-refractivity contribution in [2.75, 3.05) is 5.32 Å². The molecule has 2 aromatic carbocycles. The number of anilines is 1. The molecule has 0 aliphatic rings. The molecule has 0 aliphatic heterocycles. The fourth-order valence-electron chi connectivity index (χ4n) is 3.25. The van der Waals surface area contributed by atoms with E-state index in [0.717, 1.165) is 0 Å². The molecular formula is C23H14ClF4N3O. The third-order valence-corrected chi connectivity index (χ3v) is 5.34. The van der Waals surface area contributed by atoms with Crippen molar-refractivity contribution in [1.29, 1.82) is 0 Å². The van der Waals surface area contributed by atoms with Gasteiger partial charge in [0, 0.05) is 28.4 Å². The number of alkyl halides is 3. The molecule has 0 fully saturated rings. The second kappa shape index (κ2) is 8.20. The van der Waals surface area contributed by atoms with Gasteiger partial charge in [0.15, 0.2) is 0 Å². The first-order chi connectivity index (χ1) is 15.1. The van der Waals surface area contributed by atoms with Crippen LogP contribution in [0.4, 0.5) is 23.2 Å². The highest BCUT2D eigenvalue weighted by molar-refractivity contribution is 6.32. The third kappa shape index (κ3) is 4.13. The molecule has 1 amide bonds. The molecular weight excluding hydrogens is 446 g/mol. The molecule has 0 saturated carbocycles. The largest absolute Gasteiger partial charge is 0.416 e. The number of amides is 1. The van der Waals surface area contributed by atoms with Crippen LogP contribution in [-0.4, -0.2) is 15.9 Å². The van der Waals surface area contributed by atoms with Crippen molar-refractivity contribution in [1.82, 2.24) is 9.97 Å². The van der Waals surface area contributed by atoms with Gasteiger partial charge in [-0.25, -0.2) is 9.37 Å². The number of fused-ring (bicyclic) bond motifs is 1. The Kier molecular flexibility index (Phi) is 5.56. The van der Waals surface area contributed by atoms with Crippen LogP contribution in [0.1, 0.15) is 21.5 Å². The summed E-state index contributed by atoms with van der Waals surface area (Å²) in [5, 5.41) is 3.12. The fraction of sp³-hybridized carbons (Fsp3) is 0.0870. The first kappa shape index (κ1) is 21.7. The average Bonchev–Trinajstić information content (AvgIpc) is 2.77. The van der Waals surface area contributed by atoms with Gasteiger partial charge in [0.2, 0.25) is 0 Å². The fourth-order valence-corrected chi connectivity index (χ4v) is 3.40. The van der Waals surface area contributed by atoms with Gasteiger partial charge in [-0.15, -0.1) is 0 Å². The van der Waals surface area contributed by atoms with Crippen LogP contribution >= 0.6 is 11.6 Å². The lowest BCUT2D eigenvalue weighted by Crippen LogP contribution is -2.15. The van der Waals surface area contributed by atoms with Gasteiger partial charge in [0.1, 0.15) is 5.82 Å². The summed E-state index contributed by atoms with van der Waals surface area (Å²) in [5.41, 5.74) is 0.625. The van der Waals surface area contributed by atoms with E-state index in [0.29, 0.717) is 50.9 Å². The van der Waals surface area contributed by atoms with E-state index < -0.39 is 29.2 Å². The van der Waals surface area contributed by atoms with Gasteiger partial charge in [0.05, 0.1) is 28.0 Å². The monoisotopic (exact) mass is 459 g/mol. The number of carbonyl (C=O) groups is 1. The van der Waals surface area contributed by atoms with E-state index in [-0.39, 0.29) is 5.56 Å². The lowest BCUT2D eigenvalue weighted by atomic mass is 10.0. The lowest BCUT2D eigenvalue weighted by molar-refractivity contribution is -0.137. The van der Waals surface area contributed by atoms with Crippen LogP contribution < -0.4 is 5.32 Å². The highest BCUT2D eigenvalue weighted by Gasteiger charge is 2.31. The van der Waals surface area contributed by atoms with Gasteiger partial charge < -0.3 is 5.32 Å². The molecule has 2 heterocycles. The molecule has 0 radical (unpaired) electrons. The molecule has 0 bridgehead atoms. The van der Waals surface area contributed by atoms with Crippen molar-refractivity contribution < 1.29 is 22.4 Å². The lowest BCUT2D eigenvalue weighted by Gasteiger charge is -2.14. The topological polar surface area (TPSA) is 54.9 Å². The number of hydrogen-bond acceptors (Lipinski definition) is 3. The maximum atomic E-state index is 14.2. The molecule has 0 saturated heterocycles. The summed E-state index contributed by atoms with van der Waals surface area (Å²) in [6.07, 6.45) is -1.56. The summed E-state index contributed by atoms with van der Waals surface area (Å²) < 4.78 is 53.3. The van der Waals surface area contributed by atoms with Gasteiger partial charge in [-0.05, 0) is 55.0 Å². The van der Waals surface area contributed by atoms with Crippen molar-refractivity contribution in [3.05, 3.63) is 88.5 Å². The second-order valence-corrected chi connectivity index (χ2v) is 7.41. The zero-order valence-electron chi connectivity index (χ0n) is 16.5. The molecule has 0 aliphatic carbocycles.